The van der Waals surface area contributed by atoms with Crippen LogP contribution >= 0.6 is 0 Å². The second kappa shape index (κ2) is 20.0. The normalized spacial score (nSPS) is 18.6. The van der Waals surface area contributed by atoms with Gasteiger partial charge in [-0.1, -0.05) is 89.8 Å². The van der Waals surface area contributed by atoms with E-state index < -0.39 is 70.6 Å². The van der Waals surface area contributed by atoms with E-state index in [1.807, 2.05) is 69.0 Å². The summed E-state index contributed by atoms with van der Waals surface area (Å²) in [6, 6.07) is 17.6. The van der Waals surface area contributed by atoms with Crippen molar-refractivity contribution in [1.29, 1.82) is 0 Å². The van der Waals surface area contributed by atoms with Crippen molar-refractivity contribution in [2.24, 2.45) is 10.9 Å². The summed E-state index contributed by atoms with van der Waals surface area (Å²) < 4.78 is 101. The Bertz CT molecular complexity index is 3020. The maximum absolute atomic E-state index is 12.5. The highest BCUT2D eigenvalue weighted by Crippen LogP contribution is 2.49. The first-order chi connectivity index (χ1) is 31.7. The van der Waals surface area contributed by atoms with Crippen LogP contribution in [0.15, 0.2) is 140 Å². The molecule has 2 aliphatic heterocycles. The molecule has 1 atom stereocenters. The van der Waals surface area contributed by atoms with Crippen molar-refractivity contribution < 1.29 is 58.1 Å². The van der Waals surface area contributed by atoms with Gasteiger partial charge in [0.2, 0.25) is 0 Å². The van der Waals surface area contributed by atoms with Crippen LogP contribution in [0, 0.1) is 5.92 Å². The van der Waals surface area contributed by atoms with Gasteiger partial charge in [-0.05, 0) is 113 Å². The van der Waals surface area contributed by atoms with E-state index in [0.29, 0.717) is 47.0 Å². The van der Waals surface area contributed by atoms with Crippen LogP contribution in [0.2, 0.25) is 0 Å². The Balaban J connectivity index is 1.37. The predicted octanol–water partition coefficient (Wildman–Crippen LogP) is 8.12. The van der Waals surface area contributed by atoms with E-state index in [9.17, 15) is 53.3 Å². The fraction of sp³-hybridized carbons (Fsp3) is 0.347. The first-order valence-electron chi connectivity index (χ1n) is 21.8. The van der Waals surface area contributed by atoms with Crippen molar-refractivity contribution in [3.8, 4) is 0 Å². The number of amides is 2. The van der Waals surface area contributed by atoms with Crippen LogP contribution < -0.4 is 4.90 Å². The number of rotatable bonds is 17. The second-order valence-corrected chi connectivity index (χ2v) is 22.5. The molecule has 0 saturated carbocycles. The lowest BCUT2D eigenvalue weighted by molar-refractivity contribution is -0.196. The highest BCUT2D eigenvalue weighted by atomic mass is 32.2. The van der Waals surface area contributed by atoms with Gasteiger partial charge >= 0.3 is 5.97 Å². The number of hydrogen-bond donors (Lipinski definition) is 3. The van der Waals surface area contributed by atoms with E-state index in [1.165, 1.54) is 30.5 Å². The lowest BCUT2D eigenvalue weighted by Crippen LogP contribution is -2.32. The first kappa shape index (κ1) is 51.6. The highest BCUT2D eigenvalue weighted by Gasteiger charge is 2.41. The number of imide groups is 1. The van der Waals surface area contributed by atoms with Crippen molar-refractivity contribution in [2.75, 3.05) is 17.2 Å². The van der Waals surface area contributed by atoms with Crippen LogP contribution in [-0.4, -0.2) is 80.3 Å². The maximum atomic E-state index is 12.5. The second-order valence-electron chi connectivity index (χ2n) is 18.2. The van der Waals surface area contributed by atoms with Gasteiger partial charge < -0.3 is 9.74 Å². The smallest absolute Gasteiger partial charge is 0.338 e. The Morgan fingerprint density at radius 1 is 0.882 bits per heavy atom. The monoisotopic (exact) mass is 989 g/mol. The number of nitrogens with zero attached hydrogens (tertiary/aromatic N) is 3. The minimum absolute atomic E-state index is 0.0201. The molecule has 0 radical (unpaired) electrons. The molecule has 1 saturated heterocycles. The number of carbonyl (C=O) groups is 3. The van der Waals surface area contributed by atoms with Gasteiger partial charge in [-0.25, -0.2) is 4.79 Å². The lowest BCUT2D eigenvalue weighted by atomic mass is 9.76. The summed E-state index contributed by atoms with van der Waals surface area (Å²) in [7, 11) is -13.3. The molecular formula is C49H55N3O13S3. The zero-order chi connectivity index (χ0) is 50.0. The molecule has 1 aliphatic carbocycles. The number of allylic oxidation sites excluding steroid dienone is 9. The van der Waals surface area contributed by atoms with Crippen LogP contribution in [0.3, 0.4) is 0 Å². The molecular weight excluding hydrogens is 935 g/mol. The zero-order valence-electron chi connectivity index (χ0n) is 38.4. The minimum Gasteiger partial charge on any atom is -0.344 e. The Morgan fingerprint density at radius 2 is 1.51 bits per heavy atom. The lowest BCUT2D eigenvalue weighted by Gasteiger charge is -2.29. The van der Waals surface area contributed by atoms with E-state index in [2.05, 4.69) is 11.6 Å². The largest absolute Gasteiger partial charge is 0.344 e. The Hall–Kier alpha value is -5.83. The van der Waals surface area contributed by atoms with Crippen LogP contribution in [0.25, 0.3) is 0 Å². The number of para-hydroxylation sites is 1. The molecule has 2 heterocycles. The zero-order valence-corrected chi connectivity index (χ0v) is 40.8. The number of hydroxylamine groups is 2. The predicted molar refractivity (Wildman–Crippen MR) is 257 cm³/mol. The van der Waals surface area contributed by atoms with Crippen molar-refractivity contribution in [1.82, 2.24) is 5.06 Å². The Labute approximate surface area is 397 Å². The molecule has 3 N–H and O–H groups in total. The van der Waals surface area contributed by atoms with Gasteiger partial charge in [-0.3, -0.25) is 28.2 Å². The molecule has 0 aromatic heterocycles. The van der Waals surface area contributed by atoms with E-state index in [0.717, 1.165) is 39.8 Å². The van der Waals surface area contributed by atoms with Gasteiger partial charge in [0.05, 0.1) is 27.7 Å². The third kappa shape index (κ3) is 12.1. The number of fused-ring (bicyclic) bond motifs is 1. The summed E-state index contributed by atoms with van der Waals surface area (Å²) in [6.07, 6.45) is 11.3. The fourth-order valence-corrected chi connectivity index (χ4v) is 10.5. The molecule has 3 aromatic rings. The van der Waals surface area contributed by atoms with Crippen LogP contribution in [0.4, 0.5) is 11.4 Å². The maximum Gasteiger partial charge on any atom is 0.338 e. The molecule has 1 fully saturated rings. The number of aliphatic imine (C=N–C) groups is 1. The van der Waals surface area contributed by atoms with E-state index in [4.69, 9.17) is 4.84 Å². The van der Waals surface area contributed by atoms with Gasteiger partial charge in [-0.2, -0.15) is 25.3 Å². The van der Waals surface area contributed by atoms with E-state index in [1.54, 1.807) is 37.3 Å². The summed E-state index contributed by atoms with van der Waals surface area (Å²) in [5.74, 6) is -3.04. The van der Waals surface area contributed by atoms with Gasteiger partial charge in [0.25, 0.3) is 42.2 Å². The summed E-state index contributed by atoms with van der Waals surface area (Å²) in [4.78, 5) is 47.1. The number of benzene rings is 3. The Morgan fingerprint density at radius 3 is 2.15 bits per heavy atom. The number of hydrogen-bond acceptors (Lipinski definition) is 12. The molecule has 362 valence electrons. The highest BCUT2D eigenvalue weighted by molar-refractivity contribution is 7.86. The van der Waals surface area contributed by atoms with Crippen LogP contribution in [-0.2, 0) is 66.8 Å². The molecule has 1 unspecified atom stereocenters. The molecule has 68 heavy (non-hydrogen) atoms. The quantitative estimate of drug-likeness (QED) is 0.0501. The van der Waals surface area contributed by atoms with E-state index in [-0.39, 0.29) is 35.6 Å². The third-order valence-corrected chi connectivity index (χ3v) is 15.1. The molecule has 6 rings (SSSR count). The summed E-state index contributed by atoms with van der Waals surface area (Å²) in [5.41, 5.74) is 6.06. The van der Waals surface area contributed by atoms with E-state index >= 15 is 0 Å². The Kier molecular flexibility index (Phi) is 15.2. The average Bonchev–Trinajstić information content (AvgIpc) is 3.67. The molecule has 0 spiro atoms. The summed E-state index contributed by atoms with van der Waals surface area (Å²) in [5, 5.41) is 0.488. The van der Waals surface area contributed by atoms with Crippen molar-refractivity contribution in [2.45, 2.75) is 100 Å². The first-order valence-corrected chi connectivity index (χ1v) is 26.3. The van der Waals surface area contributed by atoms with Gasteiger partial charge in [0.15, 0.2) is 0 Å². The van der Waals surface area contributed by atoms with Gasteiger partial charge in [-0.15, -0.1) is 5.06 Å². The third-order valence-electron chi connectivity index (χ3n) is 12.4. The molecule has 0 bridgehead atoms. The van der Waals surface area contributed by atoms with Gasteiger partial charge in [0.1, 0.15) is 0 Å². The van der Waals surface area contributed by atoms with Crippen LogP contribution in [0.1, 0.15) is 89.8 Å². The number of anilines is 1. The molecule has 19 heteroatoms. The molecule has 2 amide bonds. The molecule has 16 nitrogen and oxygen atoms in total. The molecule has 3 aliphatic rings. The van der Waals surface area contributed by atoms with Crippen molar-refractivity contribution in [3.63, 3.8) is 0 Å². The average molecular weight is 990 g/mol. The van der Waals surface area contributed by atoms with Crippen LogP contribution in [0.5, 0.6) is 0 Å². The number of carbonyl (C=O) groups excluding carboxylic acids is 3. The fourth-order valence-electron chi connectivity index (χ4n) is 8.68. The van der Waals surface area contributed by atoms with Crippen molar-refractivity contribution >= 4 is 65.7 Å². The SMILES string of the molecule is C=C(/C=C/C1=C(Cc2ccc(S(=O)(=O)O)cc2)C(=C/C=C2/N(CC(C)CS(=O)(=O)O)c3ccc(S(=O)(=O)O)cc3C2(C)C)/CCC1)C(C)(C)c1ccccc1/N=C/CC(=O)ON1C(=O)CCC1=O. The standard InChI is InChI=1S/C49H55N3O13S3/c1-32(31-66(56,57)58)30-51-43-22-21-38(68(62,63)64)29-41(43)49(5,6)44(51)23-18-36-11-9-10-35(39(36)28-34-15-19-37(20-16-34)67(59,60)61)17-14-33(2)48(3,4)40-12-7-8-13-42(40)50-27-26-47(55)65-52-45(53)24-25-46(52)54/h7-8,12-23,27,29,32H,2,9-11,24-26,28,30-31H2,1,3-6H3,(H,56,57,58)(H,59,60,61)(H,62,63,64)/b17-14+,36-18+,44-23+,50-27+. The topological polar surface area (TPSA) is 242 Å². The van der Waals surface area contributed by atoms with Crippen molar-refractivity contribution in [3.05, 3.63) is 142 Å². The molecule has 3 aromatic carbocycles. The minimum atomic E-state index is -4.56. The summed E-state index contributed by atoms with van der Waals surface area (Å²) in [6.45, 7) is 14.0. The van der Waals surface area contributed by atoms with Gasteiger partial charge in [0, 0.05) is 47.8 Å². The summed E-state index contributed by atoms with van der Waals surface area (Å²) >= 11 is 0.